The molecule has 0 atom stereocenters. The number of methoxy groups -OCH3 is 1. The van der Waals surface area contributed by atoms with Crippen LogP contribution in [0.2, 0.25) is 5.02 Å². The summed E-state index contributed by atoms with van der Waals surface area (Å²) in [6, 6.07) is 6.87. The first-order valence-electron chi connectivity index (χ1n) is 7.56. The number of nitrogens with one attached hydrogen (secondary N) is 1. The molecule has 0 spiro atoms. The fourth-order valence-corrected chi connectivity index (χ4v) is 2.56. The predicted molar refractivity (Wildman–Crippen MR) is 86.7 cm³/mol. The standard InChI is InChI=1S/C16H21ClN2O4/c1-22-16(21)19-8-6-12(7-9-19)10-18-15(20)11-23-14-4-2-13(17)3-5-14/h2-5,12H,6-11H2,1H3,(H,18,20). The Morgan fingerprint density at radius 2 is 1.91 bits per heavy atom. The SMILES string of the molecule is COC(=O)N1CCC(CNC(=O)COc2ccc(Cl)cc2)CC1. The van der Waals surface area contributed by atoms with E-state index in [1.54, 1.807) is 29.2 Å². The van der Waals surface area contributed by atoms with Crippen molar-refractivity contribution in [2.75, 3.05) is 33.4 Å². The van der Waals surface area contributed by atoms with E-state index in [0.29, 0.717) is 36.3 Å². The second kappa shape index (κ2) is 8.62. The lowest BCUT2D eigenvalue weighted by Crippen LogP contribution is -2.42. The third kappa shape index (κ3) is 5.63. The Hall–Kier alpha value is -1.95. The number of halogens is 1. The second-order valence-electron chi connectivity index (χ2n) is 5.45. The van der Waals surface area contributed by atoms with Gasteiger partial charge in [-0.1, -0.05) is 11.6 Å². The fourth-order valence-electron chi connectivity index (χ4n) is 2.44. The van der Waals surface area contributed by atoms with E-state index in [0.717, 1.165) is 12.8 Å². The van der Waals surface area contributed by atoms with Crippen molar-refractivity contribution in [3.8, 4) is 5.75 Å². The van der Waals surface area contributed by atoms with Gasteiger partial charge >= 0.3 is 6.09 Å². The Balaban J connectivity index is 1.63. The van der Waals surface area contributed by atoms with Crippen LogP contribution >= 0.6 is 11.6 Å². The molecule has 1 aromatic rings. The van der Waals surface area contributed by atoms with Crippen LogP contribution in [0.15, 0.2) is 24.3 Å². The summed E-state index contributed by atoms with van der Waals surface area (Å²) in [6.45, 7) is 1.89. The molecule has 1 aliphatic heterocycles. The average molecular weight is 341 g/mol. The highest BCUT2D eigenvalue weighted by Crippen LogP contribution is 2.17. The van der Waals surface area contributed by atoms with Gasteiger partial charge in [-0.2, -0.15) is 0 Å². The Morgan fingerprint density at radius 1 is 1.26 bits per heavy atom. The number of hydrogen-bond acceptors (Lipinski definition) is 4. The highest BCUT2D eigenvalue weighted by atomic mass is 35.5. The zero-order chi connectivity index (χ0) is 16.7. The zero-order valence-corrected chi connectivity index (χ0v) is 13.8. The molecule has 0 saturated carbocycles. The Morgan fingerprint density at radius 3 is 2.52 bits per heavy atom. The summed E-state index contributed by atoms with van der Waals surface area (Å²) in [5.74, 6) is 0.821. The minimum absolute atomic E-state index is 0.0252. The van der Waals surface area contributed by atoms with Crippen molar-refractivity contribution in [2.24, 2.45) is 5.92 Å². The van der Waals surface area contributed by atoms with Crippen molar-refractivity contribution in [3.63, 3.8) is 0 Å². The molecule has 0 aliphatic carbocycles. The summed E-state index contributed by atoms with van der Waals surface area (Å²) < 4.78 is 10.1. The monoisotopic (exact) mass is 340 g/mol. The van der Waals surface area contributed by atoms with Crippen molar-refractivity contribution in [2.45, 2.75) is 12.8 Å². The van der Waals surface area contributed by atoms with E-state index in [4.69, 9.17) is 21.1 Å². The maximum atomic E-state index is 11.8. The van der Waals surface area contributed by atoms with E-state index in [1.165, 1.54) is 7.11 Å². The van der Waals surface area contributed by atoms with Crippen molar-refractivity contribution in [3.05, 3.63) is 29.3 Å². The second-order valence-corrected chi connectivity index (χ2v) is 5.88. The van der Waals surface area contributed by atoms with Gasteiger partial charge in [-0.3, -0.25) is 4.79 Å². The van der Waals surface area contributed by atoms with Crippen LogP contribution < -0.4 is 10.1 Å². The van der Waals surface area contributed by atoms with Crippen LogP contribution in [0.3, 0.4) is 0 Å². The smallest absolute Gasteiger partial charge is 0.409 e. The quantitative estimate of drug-likeness (QED) is 0.893. The molecule has 0 bridgehead atoms. The lowest BCUT2D eigenvalue weighted by molar-refractivity contribution is -0.123. The number of benzene rings is 1. The summed E-state index contributed by atoms with van der Waals surface area (Å²) in [4.78, 5) is 24.9. The average Bonchev–Trinajstić information content (AvgIpc) is 2.59. The predicted octanol–water partition coefficient (Wildman–Crippen LogP) is 2.31. The van der Waals surface area contributed by atoms with Gasteiger partial charge in [-0.05, 0) is 43.0 Å². The molecule has 0 aromatic heterocycles. The minimum atomic E-state index is -0.288. The van der Waals surface area contributed by atoms with Gasteiger partial charge in [0.25, 0.3) is 5.91 Å². The van der Waals surface area contributed by atoms with E-state index in [2.05, 4.69) is 5.32 Å². The number of carbonyl (C=O) groups excluding carboxylic acids is 2. The third-order valence-electron chi connectivity index (χ3n) is 3.82. The zero-order valence-electron chi connectivity index (χ0n) is 13.1. The minimum Gasteiger partial charge on any atom is -0.484 e. The molecule has 0 radical (unpaired) electrons. The molecule has 1 aliphatic rings. The van der Waals surface area contributed by atoms with Crippen LogP contribution in [-0.4, -0.2) is 50.3 Å². The van der Waals surface area contributed by atoms with Gasteiger partial charge in [0.05, 0.1) is 7.11 Å². The normalized spacial score (nSPS) is 15.1. The summed E-state index contributed by atoms with van der Waals surface area (Å²) in [5, 5.41) is 3.49. The number of hydrogen-bond donors (Lipinski definition) is 1. The summed E-state index contributed by atoms with van der Waals surface area (Å²) in [6.07, 6.45) is 1.42. The molecule has 6 nitrogen and oxygen atoms in total. The molecule has 1 heterocycles. The van der Waals surface area contributed by atoms with Gasteiger partial charge < -0.3 is 19.7 Å². The molecule has 1 fully saturated rings. The Kier molecular flexibility index (Phi) is 6.52. The number of amides is 2. The lowest BCUT2D eigenvalue weighted by atomic mass is 9.97. The van der Waals surface area contributed by atoms with Crippen LogP contribution in [0.5, 0.6) is 5.75 Å². The summed E-state index contributed by atoms with van der Waals surface area (Å²) >= 11 is 5.78. The summed E-state index contributed by atoms with van der Waals surface area (Å²) in [5.41, 5.74) is 0. The Bertz CT molecular complexity index is 527. The summed E-state index contributed by atoms with van der Waals surface area (Å²) in [7, 11) is 1.38. The number of carbonyl (C=O) groups is 2. The van der Waals surface area contributed by atoms with Gasteiger partial charge in [-0.25, -0.2) is 4.79 Å². The maximum Gasteiger partial charge on any atom is 0.409 e. The molecule has 2 rings (SSSR count). The van der Waals surface area contributed by atoms with Gasteiger partial charge in [0.15, 0.2) is 6.61 Å². The number of rotatable bonds is 5. The van der Waals surface area contributed by atoms with E-state index in [-0.39, 0.29) is 18.6 Å². The molecule has 23 heavy (non-hydrogen) atoms. The highest BCUT2D eigenvalue weighted by Gasteiger charge is 2.23. The molecule has 1 aromatic carbocycles. The molecule has 0 unspecified atom stereocenters. The number of nitrogens with zero attached hydrogens (tertiary/aromatic N) is 1. The van der Waals surface area contributed by atoms with Crippen LogP contribution in [0, 0.1) is 5.92 Å². The lowest BCUT2D eigenvalue weighted by Gasteiger charge is -2.30. The van der Waals surface area contributed by atoms with Crippen molar-refractivity contribution in [1.29, 1.82) is 0 Å². The van der Waals surface area contributed by atoms with Crippen LogP contribution in [0.4, 0.5) is 4.79 Å². The van der Waals surface area contributed by atoms with E-state index < -0.39 is 0 Å². The van der Waals surface area contributed by atoms with Crippen molar-refractivity contribution in [1.82, 2.24) is 10.2 Å². The van der Waals surface area contributed by atoms with Gasteiger partial charge in [0.2, 0.25) is 0 Å². The van der Waals surface area contributed by atoms with Crippen LogP contribution in [0.1, 0.15) is 12.8 Å². The molecule has 1 N–H and O–H groups in total. The first-order valence-corrected chi connectivity index (χ1v) is 7.94. The van der Waals surface area contributed by atoms with Crippen LogP contribution in [0.25, 0.3) is 0 Å². The van der Waals surface area contributed by atoms with Crippen molar-refractivity contribution < 1.29 is 19.1 Å². The van der Waals surface area contributed by atoms with E-state index >= 15 is 0 Å². The van der Waals surface area contributed by atoms with Gasteiger partial charge in [0, 0.05) is 24.7 Å². The van der Waals surface area contributed by atoms with E-state index in [1.807, 2.05) is 0 Å². The first kappa shape index (κ1) is 17.4. The topological polar surface area (TPSA) is 67.9 Å². The largest absolute Gasteiger partial charge is 0.484 e. The molecular weight excluding hydrogens is 320 g/mol. The maximum absolute atomic E-state index is 11.8. The molecular formula is C16H21ClN2O4. The van der Waals surface area contributed by atoms with Gasteiger partial charge in [-0.15, -0.1) is 0 Å². The first-order chi connectivity index (χ1) is 11.1. The van der Waals surface area contributed by atoms with E-state index in [9.17, 15) is 9.59 Å². The Labute approximate surface area is 140 Å². The molecule has 2 amide bonds. The van der Waals surface area contributed by atoms with Crippen molar-refractivity contribution >= 4 is 23.6 Å². The molecule has 7 heteroatoms. The number of likely N-dealkylation sites (tertiary alicyclic amines) is 1. The third-order valence-corrected chi connectivity index (χ3v) is 4.07. The fraction of sp³-hybridized carbons (Fsp3) is 0.500. The number of piperidine rings is 1. The number of ether oxygens (including phenoxy) is 2. The molecule has 126 valence electrons. The van der Waals surface area contributed by atoms with Gasteiger partial charge in [0.1, 0.15) is 5.75 Å². The molecule has 1 saturated heterocycles. The highest BCUT2D eigenvalue weighted by molar-refractivity contribution is 6.30. The van der Waals surface area contributed by atoms with Crippen LogP contribution in [-0.2, 0) is 9.53 Å².